The third kappa shape index (κ3) is 3.73. The fourth-order valence-corrected chi connectivity index (χ4v) is 2.82. The molecule has 0 saturated heterocycles. The van der Waals surface area contributed by atoms with E-state index in [-0.39, 0.29) is 17.1 Å². The summed E-state index contributed by atoms with van der Waals surface area (Å²) in [6.45, 7) is 0.122. The maximum Gasteiger partial charge on any atom is 0.240 e. The number of sulfonamides is 1. The first kappa shape index (κ1) is 15.3. The van der Waals surface area contributed by atoms with Crippen LogP contribution in [-0.2, 0) is 16.6 Å². The molecule has 0 atom stereocenters. The lowest BCUT2D eigenvalue weighted by Gasteiger charge is -2.08. The molecule has 0 saturated carbocycles. The molecule has 0 amide bonds. The van der Waals surface area contributed by atoms with Gasteiger partial charge in [0, 0.05) is 6.54 Å². The standard InChI is InChI=1S/C14H12ClN3O2S/c15-13-6-5-12(7-14(13)17)21(19,20)18-9-11-3-1-10(8-16)2-4-11/h1-7,18H,9,17H2. The van der Waals surface area contributed by atoms with Crippen molar-refractivity contribution < 1.29 is 8.42 Å². The van der Waals surface area contributed by atoms with Crippen molar-refractivity contribution >= 4 is 27.3 Å². The Bertz CT molecular complexity index is 796. The highest BCUT2D eigenvalue weighted by Crippen LogP contribution is 2.22. The van der Waals surface area contributed by atoms with E-state index in [9.17, 15) is 8.42 Å². The molecule has 3 N–H and O–H groups in total. The zero-order valence-electron chi connectivity index (χ0n) is 10.9. The molecule has 0 spiro atoms. The first-order chi connectivity index (χ1) is 9.92. The maximum atomic E-state index is 12.1. The van der Waals surface area contributed by atoms with Crippen LogP contribution in [0, 0.1) is 11.3 Å². The van der Waals surface area contributed by atoms with E-state index in [2.05, 4.69) is 4.72 Å². The zero-order chi connectivity index (χ0) is 15.5. The molecular weight excluding hydrogens is 310 g/mol. The molecule has 7 heteroatoms. The lowest BCUT2D eigenvalue weighted by atomic mass is 10.1. The Morgan fingerprint density at radius 1 is 1.19 bits per heavy atom. The van der Waals surface area contributed by atoms with Gasteiger partial charge in [0.05, 0.1) is 27.2 Å². The highest BCUT2D eigenvalue weighted by Gasteiger charge is 2.14. The van der Waals surface area contributed by atoms with E-state index >= 15 is 0 Å². The molecule has 5 nitrogen and oxygen atoms in total. The third-order valence-electron chi connectivity index (χ3n) is 2.83. The molecule has 108 valence electrons. The smallest absolute Gasteiger partial charge is 0.240 e. The van der Waals surface area contributed by atoms with Gasteiger partial charge >= 0.3 is 0 Å². The van der Waals surface area contributed by atoms with Gasteiger partial charge in [-0.2, -0.15) is 5.26 Å². The van der Waals surface area contributed by atoms with Crippen LogP contribution in [0.2, 0.25) is 5.02 Å². The Balaban J connectivity index is 2.13. The summed E-state index contributed by atoms with van der Waals surface area (Å²) in [5.41, 5.74) is 7.08. The number of nitrogens with zero attached hydrogens (tertiary/aromatic N) is 1. The first-order valence-corrected chi connectivity index (χ1v) is 7.82. The Hall–Kier alpha value is -2.07. The van der Waals surface area contributed by atoms with Gasteiger partial charge in [0.15, 0.2) is 0 Å². The number of nitrogen functional groups attached to an aromatic ring is 1. The van der Waals surface area contributed by atoms with Gasteiger partial charge in [-0.05, 0) is 35.9 Å². The molecule has 0 unspecified atom stereocenters. The van der Waals surface area contributed by atoms with Gasteiger partial charge in [-0.15, -0.1) is 0 Å². The minimum Gasteiger partial charge on any atom is -0.397 e. The van der Waals surface area contributed by atoms with Gasteiger partial charge in [0.25, 0.3) is 0 Å². The Kier molecular flexibility index (Phi) is 4.48. The zero-order valence-corrected chi connectivity index (χ0v) is 12.4. The van der Waals surface area contributed by atoms with Gasteiger partial charge in [-0.1, -0.05) is 23.7 Å². The minimum atomic E-state index is -3.67. The summed E-state index contributed by atoms with van der Waals surface area (Å²) in [6.07, 6.45) is 0. The number of nitriles is 1. The molecule has 0 aliphatic heterocycles. The number of rotatable bonds is 4. The summed E-state index contributed by atoms with van der Waals surface area (Å²) in [5, 5.41) is 9.01. The second-order valence-corrected chi connectivity index (χ2v) is 6.49. The van der Waals surface area contributed by atoms with E-state index in [0.717, 1.165) is 5.56 Å². The normalized spacial score (nSPS) is 11.0. The minimum absolute atomic E-state index is 0.0537. The first-order valence-electron chi connectivity index (χ1n) is 5.96. The number of halogens is 1. The van der Waals surface area contributed by atoms with Crippen LogP contribution in [-0.4, -0.2) is 8.42 Å². The van der Waals surface area contributed by atoms with Crippen molar-refractivity contribution in [2.75, 3.05) is 5.73 Å². The Labute approximate surface area is 128 Å². The highest BCUT2D eigenvalue weighted by molar-refractivity contribution is 7.89. The Morgan fingerprint density at radius 3 is 2.43 bits per heavy atom. The van der Waals surface area contributed by atoms with E-state index in [1.54, 1.807) is 24.3 Å². The number of nitrogens with one attached hydrogen (secondary N) is 1. The highest BCUT2D eigenvalue weighted by atomic mass is 35.5. The fraction of sp³-hybridized carbons (Fsp3) is 0.0714. The van der Waals surface area contributed by atoms with Crippen molar-refractivity contribution in [2.24, 2.45) is 0 Å². The summed E-state index contributed by atoms with van der Waals surface area (Å²) in [5.74, 6) is 0. The molecule has 0 heterocycles. The van der Waals surface area contributed by atoms with E-state index in [1.165, 1.54) is 18.2 Å². The number of anilines is 1. The molecule has 0 bridgehead atoms. The van der Waals surface area contributed by atoms with Crippen molar-refractivity contribution in [1.29, 1.82) is 5.26 Å². The van der Waals surface area contributed by atoms with Crippen LogP contribution in [0.15, 0.2) is 47.4 Å². The van der Waals surface area contributed by atoms with E-state index < -0.39 is 10.0 Å². The van der Waals surface area contributed by atoms with Gasteiger partial charge < -0.3 is 5.73 Å². The molecule has 0 radical (unpaired) electrons. The number of benzene rings is 2. The number of hydrogen-bond donors (Lipinski definition) is 2. The predicted octanol–water partition coefficient (Wildman–Crippen LogP) is 2.27. The topological polar surface area (TPSA) is 96.0 Å². The molecule has 0 aromatic heterocycles. The van der Waals surface area contributed by atoms with Crippen molar-refractivity contribution in [3.8, 4) is 6.07 Å². The second kappa shape index (κ2) is 6.14. The fourth-order valence-electron chi connectivity index (χ4n) is 1.65. The number of nitrogens with two attached hydrogens (primary N) is 1. The SMILES string of the molecule is N#Cc1ccc(CNS(=O)(=O)c2ccc(Cl)c(N)c2)cc1. The summed E-state index contributed by atoms with van der Waals surface area (Å²) < 4.78 is 26.7. The lowest BCUT2D eigenvalue weighted by molar-refractivity contribution is 0.581. The summed E-state index contributed by atoms with van der Waals surface area (Å²) in [4.78, 5) is 0.0537. The van der Waals surface area contributed by atoms with Gasteiger partial charge in [-0.25, -0.2) is 13.1 Å². The molecular formula is C14H12ClN3O2S. The monoisotopic (exact) mass is 321 g/mol. The van der Waals surface area contributed by atoms with E-state index in [1.807, 2.05) is 6.07 Å². The number of hydrogen-bond acceptors (Lipinski definition) is 4. The van der Waals surface area contributed by atoms with Crippen LogP contribution in [0.3, 0.4) is 0 Å². The molecule has 2 aromatic rings. The van der Waals surface area contributed by atoms with Crippen molar-refractivity contribution in [1.82, 2.24) is 4.72 Å². The molecule has 2 rings (SSSR count). The van der Waals surface area contributed by atoms with Gasteiger partial charge in [0.2, 0.25) is 10.0 Å². The van der Waals surface area contributed by atoms with Crippen LogP contribution in [0.5, 0.6) is 0 Å². The van der Waals surface area contributed by atoms with E-state index in [4.69, 9.17) is 22.6 Å². The van der Waals surface area contributed by atoms with Crippen LogP contribution in [0.4, 0.5) is 5.69 Å². The average molecular weight is 322 g/mol. The van der Waals surface area contributed by atoms with Crippen molar-refractivity contribution in [3.63, 3.8) is 0 Å². The molecule has 0 fully saturated rings. The molecule has 2 aromatic carbocycles. The molecule has 21 heavy (non-hydrogen) atoms. The van der Waals surface area contributed by atoms with Crippen LogP contribution < -0.4 is 10.5 Å². The molecule has 0 aliphatic rings. The van der Waals surface area contributed by atoms with E-state index in [0.29, 0.717) is 10.6 Å². The van der Waals surface area contributed by atoms with Crippen LogP contribution in [0.25, 0.3) is 0 Å². The average Bonchev–Trinajstić information content (AvgIpc) is 2.48. The lowest BCUT2D eigenvalue weighted by Crippen LogP contribution is -2.23. The maximum absolute atomic E-state index is 12.1. The van der Waals surface area contributed by atoms with Gasteiger partial charge in [-0.3, -0.25) is 0 Å². The summed E-state index contributed by atoms with van der Waals surface area (Å²) in [6, 6.07) is 12.8. The third-order valence-corrected chi connectivity index (χ3v) is 4.57. The second-order valence-electron chi connectivity index (χ2n) is 4.32. The van der Waals surface area contributed by atoms with Crippen LogP contribution in [0.1, 0.15) is 11.1 Å². The summed E-state index contributed by atoms with van der Waals surface area (Å²) >= 11 is 5.77. The largest absolute Gasteiger partial charge is 0.397 e. The van der Waals surface area contributed by atoms with Crippen molar-refractivity contribution in [2.45, 2.75) is 11.4 Å². The van der Waals surface area contributed by atoms with Crippen LogP contribution >= 0.6 is 11.6 Å². The summed E-state index contributed by atoms with van der Waals surface area (Å²) in [7, 11) is -3.67. The van der Waals surface area contributed by atoms with Crippen molar-refractivity contribution in [3.05, 3.63) is 58.6 Å². The molecule has 0 aliphatic carbocycles. The predicted molar refractivity (Wildman–Crippen MR) is 81.0 cm³/mol. The quantitative estimate of drug-likeness (QED) is 0.844. The van der Waals surface area contributed by atoms with Gasteiger partial charge in [0.1, 0.15) is 0 Å². The Morgan fingerprint density at radius 2 is 1.86 bits per heavy atom.